The largest absolute Gasteiger partial charge is 0.472 e. The summed E-state index contributed by atoms with van der Waals surface area (Å²) in [4.78, 5) is 60.9. The summed E-state index contributed by atoms with van der Waals surface area (Å²) in [5.74, 6) is -1.89. The molecule has 13 nitrogen and oxygen atoms in total. The number of fused-ring (bicyclic) bond motifs is 1. The summed E-state index contributed by atoms with van der Waals surface area (Å²) < 4.78 is 39.4. The highest BCUT2D eigenvalue weighted by atomic mass is 32.2. The van der Waals surface area contributed by atoms with Crippen molar-refractivity contribution in [1.29, 1.82) is 0 Å². The van der Waals surface area contributed by atoms with Crippen LogP contribution in [0.4, 0.5) is 4.79 Å². The minimum Gasteiger partial charge on any atom is -0.472 e. The fourth-order valence-electron chi connectivity index (χ4n) is 6.41. The fraction of sp³-hybridized carbons (Fsp3) is 0.595. The van der Waals surface area contributed by atoms with Crippen molar-refractivity contribution in [2.75, 3.05) is 6.54 Å². The number of alkyl carbamates (subject to hydrolysis) is 1. The van der Waals surface area contributed by atoms with Crippen molar-refractivity contribution in [2.45, 2.75) is 122 Å². The number of carbonyl (C=O) groups excluding carboxylic acids is 4. The van der Waals surface area contributed by atoms with Gasteiger partial charge >= 0.3 is 6.09 Å². The van der Waals surface area contributed by atoms with Crippen LogP contribution in [-0.4, -0.2) is 83.2 Å². The normalized spacial score (nSPS) is 24.1. The Kier molecular flexibility index (Phi) is 10.2. The third-order valence-corrected chi connectivity index (χ3v) is 11.4. The van der Waals surface area contributed by atoms with Gasteiger partial charge in [-0.3, -0.25) is 19.1 Å². The molecule has 2 saturated carbocycles. The van der Waals surface area contributed by atoms with Crippen LogP contribution in [0.15, 0.2) is 43.1 Å². The Morgan fingerprint density at radius 2 is 1.76 bits per heavy atom. The molecule has 51 heavy (non-hydrogen) atoms. The van der Waals surface area contributed by atoms with E-state index in [1.165, 1.54) is 11.0 Å². The Balaban J connectivity index is 1.45. The summed E-state index contributed by atoms with van der Waals surface area (Å²) in [6.07, 6.45) is 2.79. The first-order valence-electron chi connectivity index (χ1n) is 17.5. The maximum atomic E-state index is 14.5. The molecule has 5 rings (SSSR count). The second-order valence-electron chi connectivity index (χ2n) is 16.4. The van der Waals surface area contributed by atoms with Crippen molar-refractivity contribution in [3.8, 4) is 5.88 Å². The highest BCUT2D eigenvalue weighted by molar-refractivity contribution is 7.91. The van der Waals surface area contributed by atoms with Crippen LogP contribution in [0.3, 0.4) is 0 Å². The molecular formula is C37H51N5O8S. The van der Waals surface area contributed by atoms with Gasteiger partial charge in [0.15, 0.2) is 0 Å². The Morgan fingerprint density at radius 1 is 1.08 bits per heavy atom. The number of rotatable bonds is 11. The molecule has 1 aromatic carbocycles. The van der Waals surface area contributed by atoms with Crippen LogP contribution in [0.25, 0.3) is 10.8 Å². The van der Waals surface area contributed by atoms with Gasteiger partial charge in [-0.05, 0) is 74.4 Å². The molecule has 3 N–H and O–H groups in total. The number of likely N-dealkylation sites (tertiary alicyclic amines) is 1. The summed E-state index contributed by atoms with van der Waals surface area (Å²) in [6.45, 7) is 18.5. The highest BCUT2D eigenvalue weighted by Gasteiger charge is 2.62. The number of amides is 4. The molecule has 14 heteroatoms. The summed E-state index contributed by atoms with van der Waals surface area (Å²) >= 11 is 0. The first-order valence-corrected chi connectivity index (χ1v) is 19.1. The summed E-state index contributed by atoms with van der Waals surface area (Å²) in [7, 11) is -3.89. The number of benzene rings is 1. The number of aromatic nitrogens is 1. The zero-order chi connectivity index (χ0) is 37.7. The third kappa shape index (κ3) is 8.48. The zero-order valence-electron chi connectivity index (χ0n) is 30.7. The van der Waals surface area contributed by atoms with Gasteiger partial charge < -0.3 is 25.0 Å². The van der Waals surface area contributed by atoms with Gasteiger partial charge in [0, 0.05) is 23.9 Å². The van der Waals surface area contributed by atoms with Crippen molar-refractivity contribution in [2.24, 2.45) is 11.3 Å². The zero-order valence-corrected chi connectivity index (χ0v) is 31.6. The van der Waals surface area contributed by atoms with Crippen LogP contribution in [0.5, 0.6) is 5.88 Å². The number of ether oxygens (including phenoxy) is 2. The van der Waals surface area contributed by atoms with E-state index in [-0.39, 0.29) is 19.4 Å². The number of hydrogen-bond acceptors (Lipinski definition) is 9. The third-order valence-electron chi connectivity index (χ3n) is 9.57. The Morgan fingerprint density at radius 3 is 2.33 bits per heavy atom. The predicted molar refractivity (Wildman–Crippen MR) is 192 cm³/mol. The number of hydrogen-bond donors (Lipinski definition) is 3. The molecule has 4 amide bonds. The topological polar surface area (TPSA) is 173 Å². The molecule has 3 fully saturated rings. The van der Waals surface area contributed by atoms with E-state index in [4.69, 9.17) is 9.47 Å². The van der Waals surface area contributed by atoms with E-state index in [0.717, 1.165) is 16.3 Å². The maximum absolute atomic E-state index is 14.5. The molecule has 0 spiro atoms. The van der Waals surface area contributed by atoms with E-state index < -0.39 is 79.7 Å². The van der Waals surface area contributed by atoms with Gasteiger partial charge in [-0.1, -0.05) is 52.8 Å². The summed E-state index contributed by atoms with van der Waals surface area (Å²) in [5.41, 5.74) is -2.01. The number of carbonyl (C=O) groups is 4. The molecule has 278 valence electrons. The molecule has 2 aliphatic carbocycles. The van der Waals surface area contributed by atoms with Crippen LogP contribution in [0.2, 0.25) is 0 Å². The van der Waals surface area contributed by atoms with Crippen molar-refractivity contribution in [1.82, 2.24) is 25.2 Å². The van der Waals surface area contributed by atoms with E-state index in [1.54, 1.807) is 47.7 Å². The lowest BCUT2D eigenvalue weighted by Crippen LogP contribution is -2.60. The van der Waals surface area contributed by atoms with E-state index in [2.05, 4.69) is 46.8 Å². The molecule has 2 aromatic rings. The first kappa shape index (κ1) is 38.0. The van der Waals surface area contributed by atoms with E-state index in [9.17, 15) is 27.6 Å². The van der Waals surface area contributed by atoms with Gasteiger partial charge in [-0.15, -0.1) is 6.58 Å². The number of nitrogens with zero attached hydrogens (tertiary/aromatic N) is 2. The number of pyridine rings is 1. The molecule has 1 aliphatic heterocycles. The summed E-state index contributed by atoms with van der Waals surface area (Å²) in [5, 5.41) is 6.56. The quantitative estimate of drug-likeness (QED) is 0.285. The minimum absolute atomic E-state index is 0.0260. The summed E-state index contributed by atoms with van der Waals surface area (Å²) in [6, 6.07) is 5.68. The van der Waals surface area contributed by atoms with E-state index in [0.29, 0.717) is 24.6 Å². The minimum atomic E-state index is -3.89. The SMILES string of the molecule is C=CC1CC1(NC(=O)C1CC(Oc2nccc3cc(C(C)C)ccc23)CN1C(=O)C(NC(=O)OC(C)(C)C)C(C)(C)C)C(=O)NS(=O)(=O)C1CC1. The molecular weight excluding hydrogens is 675 g/mol. The van der Waals surface area contributed by atoms with Gasteiger partial charge in [0.05, 0.1) is 11.8 Å². The van der Waals surface area contributed by atoms with Crippen LogP contribution in [0, 0.1) is 11.3 Å². The molecule has 3 aliphatic rings. The van der Waals surface area contributed by atoms with Gasteiger partial charge in [-0.25, -0.2) is 18.2 Å². The van der Waals surface area contributed by atoms with Gasteiger partial charge in [0.2, 0.25) is 27.7 Å². The Hall–Kier alpha value is -4.20. The lowest BCUT2D eigenvalue weighted by molar-refractivity contribution is -0.143. The van der Waals surface area contributed by atoms with Crippen molar-refractivity contribution >= 4 is 44.6 Å². The lowest BCUT2D eigenvalue weighted by Gasteiger charge is -2.36. The molecule has 0 radical (unpaired) electrons. The average molecular weight is 726 g/mol. The van der Waals surface area contributed by atoms with Crippen molar-refractivity contribution in [3.05, 3.63) is 48.7 Å². The molecule has 5 unspecified atom stereocenters. The van der Waals surface area contributed by atoms with E-state index in [1.807, 2.05) is 18.2 Å². The number of nitrogens with one attached hydrogen (secondary N) is 3. The van der Waals surface area contributed by atoms with Gasteiger partial charge in [0.1, 0.15) is 29.3 Å². The fourth-order valence-corrected chi connectivity index (χ4v) is 7.78. The second-order valence-corrected chi connectivity index (χ2v) is 18.3. The van der Waals surface area contributed by atoms with Crippen LogP contribution in [-0.2, 0) is 29.1 Å². The van der Waals surface area contributed by atoms with Gasteiger partial charge in [-0.2, -0.15) is 0 Å². The smallest absolute Gasteiger partial charge is 0.408 e. The molecule has 1 aromatic heterocycles. The first-order chi connectivity index (χ1) is 23.6. The van der Waals surface area contributed by atoms with Gasteiger partial charge in [0.25, 0.3) is 5.91 Å². The number of sulfonamides is 1. The van der Waals surface area contributed by atoms with Crippen molar-refractivity contribution in [3.63, 3.8) is 0 Å². The second kappa shape index (κ2) is 13.7. The van der Waals surface area contributed by atoms with Crippen molar-refractivity contribution < 1.29 is 37.1 Å². The molecule has 1 saturated heterocycles. The van der Waals surface area contributed by atoms with Crippen LogP contribution >= 0.6 is 0 Å². The predicted octanol–water partition coefficient (Wildman–Crippen LogP) is 4.32. The highest BCUT2D eigenvalue weighted by Crippen LogP contribution is 2.45. The van der Waals surface area contributed by atoms with Crippen LogP contribution in [0.1, 0.15) is 92.6 Å². The standard InChI is InChI=1S/C37H51N5O8S/c1-10-24-19-37(24,33(45)41-51(47,48)26-12-13-26)40-30(43)28-18-25(49-31-27-14-11-22(21(2)3)17-23(27)15-16-38-31)20-42(28)32(44)29(35(4,5)6)39-34(46)50-36(7,8)9/h10-11,14-17,21,24-26,28-29H,1,12-13,18-20H2,2-9H3,(H,39,46)(H,40,43)(H,41,45). The average Bonchev–Trinajstić information content (AvgIpc) is 3.95. The monoisotopic (exact) mass is 725 g/mol. The van der Waals surface area contributed by atoms with Crippen LogP contribution < -0.4 is 20.1 Å². The maximum Gasteiger partial charge on any atom is 0.408 e. The molecule has 0 bridgehead atoms. The molecule has 5 atom stereocenters. The lowest BCUT2D eigenvalue weighted by atomic mass is 9.85. The molecule has 2 heterocycles. The Bertz CT molecular complexity index is 1830. The van der Waals surface area contributed by atoms with E-state index >= 15 is 0 Å². The Labute approximate surface area is 300 Å².